The molecule has 0 aliphatic heterocycles. The van der Waals surface area contributed by atoms with Crippen LogP contribution in [0.5, 0.6) is 0 Å². The normalized spacial score (nSPS) is 11.6. The molecule has 3 aromatic rings. The number of benzene rings is 1. The molecule has 0 saturated carbocycles. The van der Waals surface area contributed by atoms with E-state index < -0.39 is 23.3 Å². The van der Waals surface area contributed by atoms with Crippen LogP contribution in [-0.4, -0.2) is 27.2 Å². The highest BCUT2D eigenvalue weighted by Gasteiger charge is 2.40. The number of hydrogen-bond acceptors (Lipinski definition) is 4. The first-order chi connectivity index (χ1) is 13.8. The second kappa shape index (κ2) is 8.77. The number of halogens is 3. The molecule has 29 heavy (non-hydrogen) atoms. The number of alkyl halides is 3. The van der Waals surface area contributed by atoms with Crippen molar-refractivity contribution in [1.29, 1.82) is 0 Å². The Morgan fingerprint density at radius 2 is 1.97 bits per heavy atom. The number of hydrogen-bond donors (Lipinski definition) is 1. The fourth-order valence-electron chi connectivity index (χ4n) is 2.99. The van der Waals surface area contributed by atoms with Gasteiger partial charge >= 0.3 is 6.18 Å². The van der Waals surface area contributed by atoms with Gasteiger partial charge in [-0.15, -0.1) is 11.3 Å². The minimum Gasteiger partial charge on any atom is -0.352 e. The van der Waals surface area contributed by atoms with Gasteiger partial charge in [-0.2, -0.15) is 18.3 Å². The van der Waals surface area contributed by atoms with Gasteiger partial charge in [0.05, 0.1) is 22.5 Å². The molecule has 5 nitrogen and oxygen atoms in total. The highest BCUT2D eigenvalue weighted by atomic mass is 32.1. The summed E-state index contributed by atoms with van der Waals surface area (Å²) < 4.78 is 41.9. The Labute approximate surface area is 170 Å². The van der Waals surface area contributed by atoms with E-state index in [-0.39, 0.29) is 12.2 Å². The van der Waals surface area contributed by atoms with Crippen molar-refractivity contribution >= 4 is 17.2 Å². The summed E-state index contributed by atoms with van der Waals surface area (Å²) in [6.07, 6.45) is -1.51. The number of carbonyl (C=O) groups excluding carboxylic acids is 1. The van der Waals surface area contributed by atoms with Crippen LogP contribution in [0.4, 0.5) is 13.2 Å². The number of nitrogens with one attached hydrogen (secondary N) is 1. The summed E-state index contributed by atoms with van der Waals surface area (Å²) in [4.78, 5) is 16.8. The van der Waals surface area contributed by atoms with E-state index in [1.165, 1.54) is 0 Å². The number of thiazole rings is 1. The molecule has 0 saturated heterocycles. The van der Waals surface area contributed by atoms with Gasteiger partial charge in [0, 0.05) is 17.6 Å². The van der Waals surface area contributed by atoms with Crippen LogP contribution in [0.2, 0.25) is 0 Å². The predicted octanol–water partition coefficient (Wildman–Crippen LogP) is 4.72. The monoisotopic (exact) mass is 422 g/mol. The summed E-state index contributed by atoms with van der Waals surface area (Å²) in [6, 6.07) is 6.60. The minimum atomic E-state index is -4.71. The summed E-state index contributed by atoms with van der Waals surface area (Å²) in [7, 11) is 0. The van der Waals surface area contributed by atoms with E-state index in [4.69, 9.17) is 0 Å². The van der Waals surface area contributed by atoms with Gasteiger partial charge in [-0.1, -0.05) is 18.2 Å². The predicted molar refractivity (Wildman–Crippen MR) is 105 cm³/mol. The van der Waals surface area contributed by atoms with Gasteiger partial charge in [-0.05, 0) is 44.7 Å². The van der Waals surface area contributed by atoms with Crippen molar-refractivity contribution in [1.82, 2.24) is 20.1 Å². The molecular weight excluding hydrogens is 401 g/mol. The van der Waals surface area contributed by atoms with Gasteiger partial charge in [-0.25, -0.2) is 9.67 Å². The van der Waals surface area contributed by atoms with Crippen LogP contribution in [0.3, 0.4) is 0 Å². The van der Waals surface area contributed by atoms with E-state index in [1.54, 1.807) is 42.5 Å². The van der Waals surface area contributed by atoms with E-state index in [9.17, 15) is 18.0 Å². The van der Waals surface area contributed by atoms with Gasteiger partial charge in [0.15, 0.2) is 5.69 Å². The van der Waals surface area contributed by atoms with Gasteiger partial charge in [0.25, 0.3) is 5.91 Å². The Bertz CT molecular complexity index is 994. The van der Waals surface area contributed by atoms with E-state index in [0.717, 1.165) is 34.4 Å². The second-order valence-electron chi connectivity index (χ2n) is 6.70. The number of rotatable bonds is 7. The Morgan fingerprint density at radius 3 is 2.62 bits per heavy atom. The van der Waals surface area contributed by atoms with Crippen LogP contribution >= 0.6 is 11.3 Å². The summed E-state index contributed by atoms with van der Waals surface area (Å²) in [5.74, 6) is -0.776. The highest BCUT2D eigenvalue weighted by molar-refractivity contribution is 7.09. The topological polar surface area (TPSA) is 59.8 Å². The van der Waals surface area contributed by atoms with Crippen LogP contribution in [0.25, 0.3) is 5.69 Å². The third kappa shape index (κ3) is 5.03. The van der Waals surface area contributed by atoms with Crippen LogP contribution in [0.1, 0.15) is 45.2 Å². The molecule has 1 N–H and O–H groups in total. The fraction of sp³-hybridized carbons (Fsp3) is 0.350. The molecule has 9 heteroatoms. The highest BCUT2D eigenvalue weighted by Crippen LogP contribution is 2.34. The number of aryl methyl sites for hydroxylation is 3. The molecule has 0 unspecified atom stereocenters. The lowest BCUT2D eigenvalue weighted by Gasteiger charge is -2.14. The zero-order chi connectivity index (χ0) is 21.0. The quantitative estimate of drug-likeness (QED) is 0.561. The molecule has 2 aromatic heterocycles. The van der Waals surface area contributed by atoms with Crippen LogP contribution in [0.15, 0.2) is 35.8 Å². The third-order valence-electron chi connectivity index (χ3n) is 4.40. The van der Waals surface area contributed by atoms with Crippen LogP contribution < -0.4 is 5.32 Å². The van der Waals surface area contributed by atoms with Crippen molar-refractivity contribution in [2.45, 2.75) is 39.3 Å². The average Bonchev–Trinajstić information content (AvgIpc) is 3.28. The van der Waals surface area contributed by atoms with Gasteiger partial charge in [0.2, 0.25) is 0 Å². The number of aromatic nitrogens is 3. The van der Waals surface area contributed by atoms with E-state index in [0.29, 0.717) is 12.0 Å². The first kappa shape index (κ1) is 21.0. The Morgan fingerprint density at radius 1 is 1.21 bits per heavy atom. The van der Waals surface area contributed by atoms with Crippen LogP contribution in [0, 0.1) is 13.8 Å². The number of nitrogens with zero attached hydrogens (tertiary/aromatic N) is 3. The zero-order valence-corrected chi connectivity index (χ0v) is 16.9. The van der Waals surface area contributed by atoms with Gasteiger partial charge in [0.1, 0.15) is 0 Å². The molecular formula is C20H21F3N4OS. The lowest BCUT2D eigenvalue weighted by atomic mass is 10.1. The summed E-state index contributed by atoms with van der Waals surface area (Å²) >= 11 is 1.58. The standard InChI is InChI=1S/C20H21F3N4OS/c1-13-7-3-4-8-16(13)27-18(20(21,22)23)15(11-25-27)19(28)24-10-6-5-9-17-26-14(2)12-29-17/h3-4,7-8,11-12H,5-6,9-10H2,1-2H3,(H,24,28). The summed E-state index contributed by atoms with van der Waals surface area (Å²) in [6.45, 7) is 3.91. The maximum Gasteiger partial charge on any atom is 0.434 e. The maximum absolute atomic E-state index is 13.7. The van der Waals surface area contributed by atoms with Crippen molar-refractivity contribution in [3.05, 3.63) is 63.4 Å². The molecule has 0 aliphatic carbocycles. The smallest absolute Gasteiger partial charge is 0.352 e. The number of unbranched alkanes of at least 4 members (excludes halogenated alkanes) is 1. The van der Waals surface area contributed by atoms with Crippen molar-refractivity contribution in [3.63, 3.8) is 0 Å². The zero-order valence-electron chi connectivity index (χ0n) is 16.1. The third-order valence-corrected chi connectivity index (χ3v) is 5.42. The Hall–Kier alpha value is -2.68. The molecule has 0 fully saturated rings. The summed E-state index contributed by atoms with van der Waals surface area (Å²) in [5.41, 5.74) is 0.352. The lowest BCUT2D eigenvalue weighted by molar-refractivity contribution is -0.143. The minimum absolute atomic E-state index is 0.288. The Kier molecular flexibility index (Phi) is 6.36. The molecule has 0 bridgehead atoms. The molecule has 0 spiro atoms. The van der Waals surface area contributed by atoms with E-state index >= 15 is 0 Å². The first-order valence-corrected chi connectivity index (χ1v) is 10.1. The molecule has 0 radical (unpaired) electrons. The van der Waals surface area contributed by atoms with Crippen molar-refractivity contribution in [2.24, 2.45) is 0 Å². The van der Waals surface area contributed by atoms with Crippen molar-refractivity contribution in [2.75, 3.05) is 6.54 Å². The molecule has 0 aliphatic rings. The molecule has 154 valence electrons. The van der Waals surface area contributed by atoms with Crippen molar-refractivity contribution in [3.8, 4) is 5.69 Å². The largest absolute Gasteiger partial charge is 0.434 e. The van der Waals surface area contributed by atoms with E-state index in [2.05, 4.69) is 15.4 Å². The number of carbonyl (C=O) groups is 1. The molecule has 2 heterocycles. The maximum atomic E-state index is 13.7. The lowest BCUT2D eigenvalue weighted by Crippen LogP contribution is -2.27. The molecule has 1 aromatic carbocycles. The van der Waals surface area contributed by atoms with Crippen molar-refractivity contribution < 1.29 is 18.0 Å². The van der Waals surface area contributed by atoms with E-state index in [1.807, 2.05) is 12.3 Å². The molecule has 0 atom stereocenters. The molecule has 3 rings (SSSR count). The summed E-state index contributed by atoms with van der Waals surface area (Å²) in [5, 5.41) is 9.42. The number of para-hydroxylation sites is 1. The second-order valence-corrected chi connectivity index (χ2v) is 7.64. The van der Waals surface area contributed by atoms with Gasteiger partial charge < -0.3 is 5.32 Å². The van der Waals surface area contributed by atoms with Crippen LogP contribution in [-0.2, 0) is 12.6 Å². The number of amides is 1. The average molecular weight is 422 g/mol. The van der Waals surface area contributed by atoms with Gasteiger partial charge in [-0.3, -0.25) is 4.79 Å². The SMILES string of the molecule is Cc1csc(CCCCNC(=O)c2cnn(-c3ccccc3C)c2C(F)(F)F)n1. The Balaban J connectivity index is 1.68. The molecule has 1 amide bonds. The fourth-order valence-corrected chi connectivity index (χ4v) is 3.81. The first-order valence-electron chi connectivity index (χ1n) is 9.18.